The van der Waals surface area contributed by atoms with Gasteiger partial charge >= 0.3 is 0 Å². The fraction of sp³-hybridized carbons (Fsp3) is 0.235. The minimum atomic E-state index is -0.354. The number of carbonyl (C=O) groups is 2. The second kappa shape index (κ2) is 7.45. The van der Waals surface area contributed by atoms with Crippen molar-refractivity contribution in [3.05, 3.63) is 52.4 Å². The molecule has 2 rings (SSSR count). The van der Waals surface area contributed by atoms with E-state index in [0.29, 0.717) is 17.1 Å². The number of aromatic hydroxyl groups is 1. The molecule has 126 valence electrons. The average molecular weight is 329 g/mol. The number of benzene rings is 1. The van der Waals surface area contributed by atoms with Crippen LogP contribution in [0, 0.1) is 6.92 Å². The highest BCUT2D eigenvalue weighted by molar-refractivity contribution is 5.93. The van der Waals surface area contributed by atoms with Gasteiger partial charge in [0.05, 0.1) is 0 Å². The van der Waals surface area contributed by atoms with Crippen LogP contribution in [0.4, 0.5) is 11.4 Å². The van der Waals surface area contributed by atoms with Crippen molar-refractivity contribution in [1.82, 2.24) is 4.57 Å². The van der Waals surface area contributed by atoms with Gasteiger partial charge in [0.25, 0.3) is 5.56 Å². The van der Waals surface area contributed by atoms with Crippen LogP contribution in [-0.4, -0.2) is 21.5 Å². The van der Waals surface area contributed by atoms with Crippen LogP contribution in [0.5, 0.6) is 5.75 Å². The first-order chi connectivity index (χ1) is 11.3. The number of rotatable bonds is 5. The molecule has 0 aliphatic heterocycles. The van der Waals surface area contributed by atoms with Crippen LogP contribution in [0.25, 0.3) is 0 Å². The maximum Gasteiger partial charge on any atom is 0.254 e. The Morgan fingerprint density at radius 3 is 2.42 bits per heavy atom. The molecule has 0 bridgehead atoms. The molecule has 0 radical (unpaired) electrons. The van der Waals surface area contributed by atoms with Gasteiger partial charge in [-0.25, -0.2) is 0 Å². The number of pyridine rings is 1. The minimum absolute atomic E-state index is 0.0898. The fourth-order valence-corrected chi connectivity index (χ4v) is 2.31. The molecule has 3 N–H and O–H groups in total. The van der Waals surface area contributed by atoms with E-state index in [1.165, 1.54) is 17.6 Å². The topological polar surface area (TPSA) is 100 Å². The number of nitrogens with zero attached hydrogens (tertiary/aromatic N) is 1. The van der Waals surface area contributed by atoms with Gasteiger partial charge in [0.15, 0.2) is 0 Å². The molecule has 7 nitrogen and oxygen atoms in total. The lowest BCUT2D eigenvalue weighted by molar-refractivity contribution is -0.116. The van der Waals surface area contributed by atoms with E-state index in [1.807, 2.05) is 0 Å². The molecule has 0 aliphatic rings. The fourth-order valence-electron chi connectivity index (χ4n) is 2.31. The number of carbonyl (C=O) groups excluding carboxylic acids is 2. The summed E-state index contributed by atoms with van der Waals surface area (Å²) in [5.41, 5.74) is 1.38. The first-order valence-corrected chi connectivity index (χ1v) is 7.43. The predicted octanol–water partition coefficient (Wildman–Crippen LogP) is 1.85. The zero-order valence-corrected chi connectivity index (χ0v) is 13.5. The van der Waals surface area contributed by atoms with Crippen molar-refractivity contribution in [2.24, 2.45) is 0 Å². The molecule has 0 saturated heterocycles. The van der Waals surface area contributed by atoms with E-state index < -0.39 is 0 Å². The van der Waals surface area contributed by atoms with E-state index in [-0.39, 0.29) is 36.1 Å². The van der Waals surface area contributed by atoms with Crippen molar-refractivity contribution < 1.29 is 14.7 Å². The number of hydrogen-bond donors (Lipinski definition) is 3. The van der Waals surface area contributed by atoms with E-state index in [2.05, 4.69) is 10.6 Å². The van der Waals surface area contributed by atoms with E-state index in [4.69, 9.17) is 0 Å². The molecule has 1 aromatic heterocycles. The number of aromatic nitrogens is 1. The predicted molar refractivity (Wildman–Crippen MR) is 91.1 cm³/mol. The highest BCUT2D eigenvalue weighted by Crippen LogP contribution is 2.15. The Morgan fingerprint density at radius 2 is 1.79 bits per heavy atom. The number of aryl methyl sites for hydroxylation is 1. The number of amides is 2. The quantitative estimate of drug-likeness (QED) is 0.779. The second-order valence-corrected chi connectivity index (χ2v) is 5.40. The van der Waals surface area contributed by atoms with Gasteiger partial charge in [-0.1, -0.05) is 6.07 Å². The molecule has 0 fully saturated rings. The van der Waals surface area contributed by atoms with Gasteiger partial charge in [-0.2, -0.15) is 0 Å². The second-order valence-electron chi connectivity index (χ2n) is 5.40. The van der Waals surface area contributed by atoms with Crippen LogP contribution in [0.1, 0.15) is 19.0 Å². The van der Waals surface area contributed by atoms with Gasteiger partial charge < -0.3 is 20.3 Å². The zero-order valence-electron chi connectivity index (χ0n) is 13.5. The Kier molecular flexibility index (Phi) is 5.36. The van der Waals surface area contributed by atoms with Crippen LogP contribution in [0.3, 0.4) is 0 Å². The van der Waals surface area contributed by atoms with E-state index >= 15 is 0 Å². The lowest BCUT2D eigenvalue weighted by Gasteiger charge is -2.11. The minimum Gasteiger partial charge on any atom is -0.508 e. The summed E-state index contributed by atoms with van der Waals surface area (Å²) >= 11 is 0. The van der Waals surface area contributed by atoms with Crippen LogP contribution in [-0.2, 0) is 16.1 Å². The van der Waals surface area contributed by atoms with E-state index in [9.17, 15) is 19.5 Å². The van der Waals surface area contributed by atoms with Crippen LogP contribution >= 0.6 is 0 Å². The largest absolute Gasteiger partial charge is 0.508 e. The maximum absolute atomic E-state index is 12.0. The van der Waals surface area contributed by atoms with Crippen molar-refractivity contribution in [3.8, 4) is 5.75 Å². The van der Waals surface area contributed by atoms with Gasteiger partial charge in [0.2, 0.25) is 11.8 Å². The molecule has 1 aromatic carbocycles. The number of nitrogens with one attached hydrogen (secondary N) is 2. The monoisotopic (exact) mass is 329 g/mol. The summed E-state index contributed by atoms with van der Waals surface area (Å²) in [6, 6.07) is 9.38. The molecular weight excluding hydrogens is 310 g/mol. The summed E-state index contributed by atoms with van der Waals surface area (Å²) in [7, 11) is 0. The molecule has 0 unspecified atom stereocenters. The third kappa shape index (κ3) is 4.70. The van der Waals surface area contributed by atoms with Crippen molar-refractivity contribution >= 4 is 23.2 Å². The summed E-state index contributed by atoms with van der Waals surface area (Å²) in [6.07, 6.45) is 0.107. The molecule has 0 atom stereocenters. The van der Waals surface area contributed by atoms with Crippen molar-refractivity contribution in [3.63, 3.8) is 0 Å². The third-order valence-electron chi connectivity index (χ3n) is 3.35. The van der Waals surface area contributed by atoms with Crippen molar-refractivity contribution in [1.29, 1.82) is 0 Å². The third-order valence-corrected chi connectivity index (χ3v) is 3.35. The Bertz CT molecular complexity index is 827. The van der Waals surface area contributed by atoms with Gasteiger partial charge in [0, 0.05) is 43.0 Å². The summed E-state index contributed by atoms with van der Waals surface area (Å²) in [5, 5.41) is 14.7. The van der Waals surface area contributed by atoms with Crippen molar-refractivity contribution in [2.75, 3.05) is 10.6 Å². The van der Waals surface area contributed by atoms with Gasteiger partial charge in [-0.15, -0.1) is 0 Å². The number of anilines is 2. The summed E-state index contributed by atoms with van der Waals surface area (Å²) in [5.74, 6) is -0.539. The van der Waals surface area contributed by atoms with Crippen molar-refractivity contribution in [2.45, 2.75) is 26.8 Å². The smallest absolute Gasteiger partial charge is 0.254 e. The Balaban J connectivity index is 1.99. The highest BCUT2D eigenvalue weighted by Gasteiger charge is 2.07. The maximum atomic E-state index is 12.0. The molecule has 2 amide bonds. The standard InChI is InChI=1S/C17H19N3O4/c1-11-8-15(22)10-17(24)20(11)7-6-16(23)19-14-5-3-4-13(9-14)18-12(2)21/h3-5,8-10,22H,6-7H2,1-2H3,(H,18,21)(H,19,23). The molecule has 0 saturated carbocycles. The first-order valence-electron chi connectivity index (χ1n) is 7.43. The molecule has 2 aromatic rings. The molecule has 24 heavy (non-hydrogen) atoms. The van der Waals surface area contributed by atoms with Crippen LogP contribution in [0.15, 0.2) is 41.2 Å². The normalized spacial score (nSPS) is 10.2. The van der Waals surface area contributed by atoms with Crippen LogP contribution in [0.2, 0.25) is 0 Å². The molecule has 7 heteroatoms. The molecule has 0 aliphatic carbocycles. The Hall–Kier alpha value is -3.09. The summed E-state index contributed by atoms with van der Waals surface area (Å²) in [4.78, 5) is 34.9. The van der Waals surface area contributed by atoms with Gasteiger partial charge in [-0.3, -0.25) is 14.4 Å². The molecule has 1 heterocycles. The lowest BCUT2D eigenvalue weighted by Crippen LogP contribution is -2.24. The Labute approximate surface area is 138 Å². The Morgan fingerprint density at radius 1 is 1.12 bits per heavy atom. The highest BCUT2D eigenvalue weighted by atomic mass is 16.3. The van der Waals surface area contributed by atoms with Gasteiger partial charge in [0.1, 0.15) is 5.75 Å². The lowest BCUT2D eigenvalue weighted by atomic mass is 10.2. The average Bonchev–Trinajstić information content (AvgIpc) is 2.45. The summed E-state index contributed by atoms with van der Waals surface area (Å²) < 4.78 is 1.42. The molecular formula is C17H19N3O4. The first kappa shape index (κ1) is 17.3. The van der Waals surface area contributed by atoms with E-state index in [0.717, 1.165) is 6.07 Å². The zero-order chi connectivity index (χ0) is 17.7. The van der Waals surface area contributed by atoms with Crippen LogP contribution < -0.4 is 16.2 Å². The number of hydrogen-bond acceptors (Lipinski definition) is 4. The van der Waals surface area contributed by atoms with E-state index in [1.54, 1.807) is 31.2 Å². The molecule has 0 spiro atoms. The summed E-state index contributed by atoms with van der Waals surface area (Å²) in [6.45, 7) is 3.31. The SMILES string of the molecule is CC(=O)Nc1cccc(NC(=O)CCn2c(C)cc(O)cc2=O)c1. The van der Waals surface area contributed by atoms with Gasteiger partial charge in [-0.05, 0) is 31.2 Å².